The van der Waals surface area contributed by atoms with E-state index < -0.39 is 17.6 Å². The predicted molar refractivity (Wildman–Crippen MR) is 50.6 cm³/mol. The van der Waals surface area contributed by atoms with Gasteiger partial charge >= 0.3 is 0 Å². The molecule has 2 nitrogen and oxygen atoms in total. The number of ether oxygens (including phenoxy) is 1. The SMILES string of the molecule is Fc1ccc(F)c(Oc2ccnc(F)c2)c1. The molecule has 0 N–H and O–H groups in total. The van der Waals surface area contributed by atoms with Crippen LogP contribution in [-0.4, -0.2) is 4.98 Å². The van der Waals surface area contributed by atoms with Crippen LogP contribution in [0.5, 0.6) is 11.5 Å². The average Bonchev–Trinajstić information content (AvgIpc) is 2.24. The molecule has 0 unspecified atom stereocenters. The molecule has 0 fully saturated rings. The molecule has 1 heterocycles. The highest BCUT2D eigenvalue weighted by molar-refractivity contribution is 5.31. The first-order chi connectivity index (χ1) is 7.65. The van der Waals surface area contributed by atoms with E-state index in [1.54, 1.807) is 0 Å². The topological polar surface area (TPSA) is 22.1 Å². The number of benzene rings is 1. The van der Waals surface area contributed by atoms with Crippen molar-refractivity contribution in [3.63, 3.8) is 0 Å². The molecule has 2 rings (SSSR count). The fourth-order valence-corrected chi connectivity index (χ4v) is 1.13. The molecule has 16 heavy (non-hydrogen) atoms. The van der Waals surface area contributed by atoms with Crippen molar-refractivity contribution in [3.8, 4) is 11.5 Å². The smallest absolute Gasteiger partial charge is 0.216 e. The maximum Gasteiger partial charge on any atom is 0.216 e. The molecule has 0 spiro atoms. The summed E-state index contributed by atoms with van der Waals surface area (Å²) in [5.41, 5.74) is 0. The van der Waals surface area contributed by atoms with Gasteiger partial charge in [0.2, 0.25) is 5.95 Å². The third-order valence-corrected chi connectivity index (χ3v) is 1.82. The maximum atomic E-state index is 13.2. The van der Waals surface area contributed by atoms with E-state index in [0.717, 1.165) is 24.3 Å². The minimum atomic E-state index is -0.755. The molecule has 0 saturated carbocycles. The molecule has 0 bridgehead atoms. The summed E-state index contributed by atoms with van der Waals surface area (Å²) in [5, 5.41) is 0. The van der Waals surface area contributed by atoms with Gasteiger partial charge in [-0.1, -0.05) is 0 Å². The lowest BCUT2D eigenvalue weighted by atomic mass is 10.3. The van der Waals surface area contributed by atoms with Crippen LogP contribution >= 0.6 is 0 Å². The van der Waals surface area contributed by atoms with Gasteiger partial charge in [-0.25, -0.2) is 13.8 Å². The Morgan fingerprint density at radius 2 is 1.81 bits per heavy atom. The summed E-state index contributed by atoms with van der Waals surface area (Å²) >= 11 is 0. The Hall–Kier alpha value is -2.04. The minimum absolute atomic E-state index is 0.0528. The molecule has 0 aliphatic heterocycles. The number of rotatable bonds is 2. The first-order valence-corrected chi connectivity index (χ1v) is 4.39. The van der Waals surface area contributed by atoms with Crippen LogP contribution in [0.3, 0.4) is 0 Å². The molecule has 0 saturated heterocycles. The zero-order chi connectivity index (χ0) is 11.5. The van der Waals surface area contributed by atoms with E-state index in [0.29, 0.717) is 0 Å². The molecule has 82 valence electrons. The lowest BCUT2D eigenvalue weighted by molar-refractivity contribution is 0.431. The first-order valence-electron chi connectivity index (χ1n) is 4.39. The number of aromatic nitrogens is 1. The number of nitrogens with zero attached hydrogens (tertiary/aromatic N) is 1. The van der Waals surface area contributed by atoms with Gasteiger partial charge in [-0.15, -0.1) is 0 Å². The summed E-state index contributed by atoms with van der Waals surface area (Å²) in [6.07, 6.45) is 1.17. The highest BCUT2D eigenvalue weighted by atomic mass is 19.1. The third-order valence-electron chi connectivity index (χ3n) is 1.82. The standard InChI is InChI=1S/C11H6F3NO/c12-7-1-2-9(13)10(5-7)16-8-3-4-15-11(14)6-8/h1-6H. The van der Waals surface area contributed by atoms with Crippen molar-refractivity contribution in [2.45, 2.75) is 0 Å². The Kier molecular flexibility index (Phi) is 2.76. The molecule has 2 aromatic rings. The Balaban J connectivity index is 2.30. The molecule has 1 aromatic heterocycles. The van der Waals surface area contributed by atoms with Crippen LogP contribution in [-0.2, 0) is 0 Å². The molecular weight excluding hydrogens is 219 g/mol. The van der Waals surface area contributed by atoms with Gasteiger partial charge in [0.25, 0.3) is 0 Å². The van der Waals surface area contributed by atoms with Gasteiger partial charge in [0, 0.05) is 18.3 Å². The largest absolute Gasteiger partial charge is 0.454 e. The van der Waals surface area contributed by atoms with E-state index >= 15 is 0 Å². The second-order valence-corrected chi connectivity index (χ2v) is 2.99. The van der Waals surface area contributed by atoms with Crippen LogP contribution in [0.4, 0.5) is 13.2 Å². The van der Waals surface area contributed by atoms with E-state index in [1.165, 1.54) is 12.3 Å². The van der Waals surface area contributed by atoms with E-state index in [1.807, 2.05) is 0 Å². The summed E-state index contributed by atoms with van der Waals surface area (Å²) in [4.78, 5) is 3.31. The fourth-order valence-electron chi connectivity index (χ4n) is 1.13. The number of pyridine rings is 1. The fraction of sp³-hybridized carbons (Fsp3) is 0. The highest BCUT2D eigenvalue weighted by Gasteiger charge is 2.06. The molecular formula is C11H6F3NO. The maximum absolute atomic E-state index is 13.2. The Labute approximate surface area is 89.3 Å². The summed E-state index contributed by atoms with van der Waals surface area (Å²) in [7, 11) is 0. The quantitative estimate of drug-likeness (QED) is 0.731. The molecule has 0 atom stereocenters. The number of hydrogen-bond acceptors (Lipinski definition) is 2. The number of hydrogen-bond donors (Lipinski definition) is 0. The van der Waals surface area contributed by atoms with Crippen LogP contribution in [0, 0.1) is 17.6 Å². The summed E-state index contributed by atoms with van der Waals surface area (Å²) in [6, 6.07) is 5.10. The van der Waals surface area contributed by atoms with Gasteiger partial charge in [-0.05, 0) is 18.2 Å². The van der Waals surface area contributed by atoms with Crippen LogP contribution in [0.2, 0.25) is 0 Å². The first kappa shape index (κ1) is 10.5. The zero-order valence-electron chi connectivity index (χ0n) is 7.95. The van der Waals surface area contributed by atoms with E-state index in [2.05, 4.69) is 4.98 Å². The summed E-state index contributed by atoms with van der Waals surface area (Å²) in [6.45, 7) is 0. The van der Waals surface area contributed by atoms with Crippen LogP contribution in [0.15, 0.2) is 36.5 Å². The van der Waals surface area contributed by atoms with Crippen molar-refractivity contribution >= 4 is 0 Å². The zero-order valence-corrected chi connectivity index (χ0v) is 7.95. The van der Waals surface area contributed by atoms with Gasteiger partial charge in [-0.3, -0.25) is 0 Å². The highest BCUT2D eigenvalue weighted by Crippen LogP contribution is 2.24. The number of halogens is 3. The molecule has 0 aliphatic rings. The second-order valence-electron chi connectivity index (χ2n) is 2.99. The van der Waals surface area contributed by atoms with Gasteiger partial charge in [0.1, 0.15) is 11.6 Å². The van der Waals surface area contributed by atoms with Crippen LogP contribution < -0.4 is 4.74 Å². The van der Waals surface area contributed by atoms with Gasteiger partial charge in [0.05, 0.1) is 0 Å². The molecule has 0 radical (unpaired) electrons. The van der Waals surface area contributed by atoms with Gasteiger partial charge in [0.15, 0.2) is 11.6 Å². The average molecular weight is 225 g/mol. The van der Waals surface area contributed by atoms with Crippen LogP contribution in [0.1, 0.15) is 0 Å². The Morgan fingerprint density at radius 3 is 2.56 bits per heavy atom. The second kappa shape index (κ2) is 4.22. The van der Waals surface area contributed by atoms with Crippen molar-refractivity contribution in [2.75, 3.05) is 0 Å². The van der Waals surface area contributed by atoms with E-state index in [4.69, 9.17) is 4.74 Å². The Bertz CT molecular complexity index is 516. The molecule has 1 aromatic carbocycles. The van der Waals surface area contributed by atoms with Crippen LogP contribution in [0.25, 0.3) is 0 Å². The molecule has 0 amide bonds. The third kappa shape index (κ3) is 2.31. The Morgan fingerprint density at radius 1 is 1.00 bits per heavy atom. The van der Waals surface area contributed by atoms with Crippen molar-refractivity contribution in [1.82, 2.24) is 4.98 Å². The summed E-state index contributed by atoms with van der Waals surface area (Å²) in [5.74, 6) is -2.36. The van der Waals surface area contributed by atoms with E-state index in [-0.39, 0.29) is 11.5 Å². The minimum Gasteiger partial charge on any atom is -0.454 e. The lowest BCUT2D eigenvalue weighted by Gasteiger charge is -2.06. The normalized spacial score (nSPS) is 10.2. The van der Waals surface area contributed by atoms with Crippen molar-refractivity contribution in [1.29, 1.82) is 0 Å². The predicted octanol–water partition coefficient (Wildman–Crippen LogP) is 3.29. The van der Waals surface area contributed by atoms with Gasteiger partial charge < -0.3 is 4.74 Å². The monoisotopic (exact) mass is 225 g/mol. The van der Waals surface area contributed by atoms with E-state index in [9.17, 15) is 13.2 Å². The van der Waals surface area contributed by atoms with Crippen molar-refractivity contribution in [3.05, 3.63) is 54.1 Å². The summed E-state index contributed by atoms with van der Waals surface area (Å²) < 4.78 is 43.6. The van der Waals surface area contributed by atoms with Gasteiger partial charge in [-0.2, -0.15) is 4.39 Å². The molecule has 5 heteroatoms. The van der Waals surface area contributed by atoms with Crippen molar-refractivity contribution < 1.29 is 17.9 Å². The van der Waals surface area contributed by atoms with Crippen molar-refractivity contribution in [2.24, 2.45) is 0 Å². The lowest BCUT2D eigenvalue weighted by Crippen LogP contribution is -1.91. The molecule has 0 aliphatic carbocycles.